The molecule has 2 rings (SSSR count). The first-order valence-electron chi connectivity index (χ1n) is 7.24. The molecule has 2 aromatic carbocycles. The molecule has 0 spiro atoms. The number of hydrogen-bond donors (Lipinski definition) is 3. The second-order valence-corrected chi connectivity index (χ2v) is 5.51. The molecule has 0 amide bonds. The molecule has 0 saturated carbocycles. The third-order valence-corrected chi connectivity index (χ3v) is 3.60. The van der Waals surface area contributed by atoms with Crippen LogP contribution in [0.5, 0.6) is 0 Å². The quantitative estimate of drug-likeness (QED) is 0.766. The summed E-state index contributed by atoms with van der Waals surface area (Å²) in [4.78, 5) is 0. The molecule has 0 bridgehead atoms. The molecule has 0 fully saturated rings. The molecule has 23 heavy (non-hydrogen) atoms. The van der Waals surface area contributed by atoms with Crippen molar-refractivity contribution < 1.29 is 18.3 Å². The van der Waals surface area contributed by atoms with Gasteiger partial charge in [-0.2, -0.15) is 0 Å². The molecule has 6 heteroatoms. The van der Waals surface area contributed by atoms with E-state index in [1.807, 2.05) is 0 Å². The Labute approximate surface area is 132 Å². The third kappa shape index (κ3) is 4.79. The third-order valence-electron chi connectivity index (χ3n) is 3.60. The van der Waals surface area contributed by atoms with Crippen molar-refractivity contribution >= 4 is 0 Å². The van der Waals surface area contributed by atoms with Gasteiger partial charge in [-0.1, -0.05) is 12.1 Å². The van der Waals surface area contributed by atoms with E-state index in [-0.39, 0.29) is 17.9 Å². The Morgan fingerprint density at radius 3 is 2.26 bits per heavy atom. The van der Waals surface area contributed by atoms with Crippen LogP contribution in [0.25, 0.3) is 0 Å². The topological polar surface area (TPSA) is 58.3 Å². The number of nitrogens with two attached hydrogens (primary N) is 1. The molecule has 124 valence electrons. The summed E-state index contributed by atoms with van der Waals surface area (Å²) >= 11 is 0. The number of aliphatic hydroxyl groups is 1. The summed E-state index contributed by atoms with van der Waals surface area (Å²) in [5.41, 5.74) is 6.90. The predicted molar refractivity (Wildman–Crippen MR) is 82.0 cm³/mol. The van der Waals surface area contributed by atoms with Gasteiger partial charge in [0.15, 0.2) is 0 Å². The zero-order valence-electron chi connectivity index (χ0n) is 12.6. The molecular formula is C17H19F3N2O. The second kappa shape index (κ2) is 7.59. The Bertz CT molecular complexity index is 644. The molecule has 2 aromatic rings. The monoisotopic (exact) mass is 324 g/mol. The van der Waals surface area contributed by atoms with Crippen LogP contribution in [0.15, 0.2) is 42.5 Å². The molecule has 0 radical (unpaired) electrons. The van der Waals surface area contributed by atoms with E-state index in [0.29, 0.717) is 5.56 Å². The summed E-state index contributed by atoms with van der Waals surface area (Å²) in [6, 6.07) is 7.57. The highest BCUT2D eigenvalue weighted by molar-refractivity contribution is 5.24. The van der Waals surface area contributed by atoms with E-state index in [1.54, 1.807) is 12.1 Å². The van der Waals surface area contributed by atoms with E-state index in [4.69, 9.17) is 5.73 Å². The average Bonchev–Trinajstić information content (AvgIpc) is 2.46. The maximum Gasteiger partial charge on any atom is 0.126 e. The lowest BCUT2D eigenvalue weighted by molar-refractivity contribution is 0.142. The normalized spacial score (nSPS) is 15.2. The number of nitrogens with one attached hydrogen (secondary N) is 1. The van der Waals surface area contributed by atoms with E-state index in [1.165, 1.54) is 19.1 Å². The summed E-state index contributed by atoms with van der Waals surface area (Å²) in [6.45, 7) is 1.73. The average molecular weight is 324 g/mol. The molecule has 0 heterocycles. The lowest BCUT2D eigenvalue weighted by Gasteiger charge is -2.28. The van der Waals surface area contributed by atoms with Crippen LogP contribution in [0.3, 0.4) is 0 Å². The minimum Gasteiger partial charge on any atom is -0.392 e. The molecule has 0 aliphatic carbocycles. The minimum absolute atomic E-state index is 0.237. The van der Waals surface area contributed by atoms with E-state index in [9.17, 15) is 18.3 Å². The van der Waals surface area contributed by atoms with Crippen molar-refractivity contribution in [1.29, 1.82) is 0 Å². The summed E-state index contributed by atoms with van der Waals surface area (Å²) in [5.74, 6) is -1.83. The molecule has 1 unspecified atom stereocenters. The fourth-order valence-electron chi connectivity index (χ4n) is 2.38. The molecular weight excluding hydrogens is 305 g/mol. The van der Waals surface area contributed by atoms with Crippen LogP contribution < -0.4 is 11.1 Å². The highest BCUT2D eigenvalue weighted by Crippen LogP contribution is 2.21. The first-order valence-corrected chi connectivity index (χ1v) is 7.24. The van der Waals surface area contributed by atoms with Gasteiger partial charge in [-0.15, -0.1) is 0 Å². The van der Waals surface area contributed by atoms with Crippen LogP contribution >= 0.6 is 0 Å². The standard InChI is InChI=1S/C17H19F3N2O/c1-10(23)16(21)17(12-6-14(19)8-15(20)7-12)22-9-11-3-2-4-13(18)5-11/h2-8,10,16-17,22-23H,9,21H2,1H3/t10-,16-,17?/m1/s1. The highest BCUT2D eigenvalue weighted by Gasteiger charge is 2.24. The summed E-state index contributed by atoms with van der Waals surface area (Å²) in [5, 5.41) is 12.8. The first-order chi connectivity index (χ1) is 10.9. The molecule has 3 atom stereocenters. The van der Waals surface area contributed by atoms with Gasteiger partial charge in [-0.3, -0.25) is 0 Å². The maximum atomic E-state index is 13.4. The molecule has 0 aliphatic rings. The fourth-order valence-corrected chi connectivity index (χ4v) is 2.38. The van der Waals surface area contributed by atoms with Gasteiger partial charge in [0.1, 0.15) is 17.5 Å². The van der Waals surface area contributed by atoms with Crippen LogP contribution in [0, 0.1) is 17.5 Å². The van der Waals surface area contributed by atoms with Crippen molar-refractivity contribution in [2.75, 3.05) is 0 Å². The number of benzene rings is 2. The van der Waals surface area contributed by atoms with Gasteiger partial charge in [-0.25, -0.2) is 13.2 Å². The molecule has 4 N–H and O–H groups in total. The zero-order valence-corrected chi connectivity index (χ0v) is 12.6. The Balaban J connectivity index is 2.23. The smallest absolute Gasteiger partial charge is 0.126 e. The van der Waals surface area contributed by atoms with E-state index in [0.717, 1.165) is 18.2 Å². The van der Waals surface area contributed by atoms with Crippen molar-refractivity contribution in [3.63, 3.8) is 0 Å². The molecule has 0 aromatic heterocycles. The van der Waals surface area contributed by atoms with Gasteiger partial charge >= 0.3 is 0 Å². The molecule has 0 aliphatic heterocycles. The van der Waals surface area contributed by atoms with Gasteiger partial charge in [0.2, 0.25) is 0 Å². The lowest BCUT2D eigenvalue weighted by atomic mass is 9.96. The highest BCUT2D eigenvalue weighted by atomic mass is 19.1. The van der Waals surface area contributed by atoms with Gasteiger partial charge in [0.05, 0.1) is 12.1 Å². The van der Waals surface area contributed by atoms with Crippen LogP contribution in [0.4, 0.5) is 13.2 Å². The van der Waals surface area contributed by atoms with Crippen LogP contribution in [-0.2, 0) is 6.54 Å². The van der Waals surface area contributed by atoms with Crippen molar-refractivity contribution in [2.24, 2.45) is 5.73 Å². The first kappa shape index (κ1) is 17.5. The van der Waals surface area contributed by atoms with E-state index < -0.39 is 29.8 Å². The zero-order chi connectivity index (χ0) is 17.0. The van der Waals surface area contributed by atoms with Gasteiger partial charge in [-0.05, 0) is 42.3 Å². The fraction of sp³-hybridized carbons (Fsp3) is 0.294. The van der Waals surface area contributed by atoms with Crippen LogP contribution in [0.1, 0.15) is 24.1 Å². The molecule has 0 saturated heterocycles. The van der Waals surface area contributed by atoms with E-state index in [2.05, 4.69) is 5.32 Å². The number of aliphatic hydroxyl groups excluding tert-OH is 1. The summed E-state index contributed by atoms with van der Waals surface area (Å²) in [6.07, 6.45) is -0.897. The molecule has 3 nitrogen and oxygen atoms in total. The van der Waals surface area contributed by atoms with Crippen LogP contribution in [-0.4, -0.2) is 17.3 Å². The maximum absolute atomic E-state index is 13.4. The summed E-state index contributed by atoms with van der Waals surface area (Å²) < 4.78 is 40.1. The SMILES string of the molecule is C[C@@H](O)[C@@H](N)C(NCc1cccc(F)c1)c1cc(F)cc(F)c1. The van der Waals surface area contributed by atoms with Crippen molar-refractivity contribution in [3.05, 3.63) is 71.0 Å². The minimum atomic E-state index is -0.897. The predicted octanol–water partition coefficient (Wildman–Crippen LogP) is 2.64. The Hall–Kier alpha value is -1.89. The number of rotatable bonds is 6. The van der Waals surface area contributed by atoms with Gasteiger partial charge in [0, 0.05) is 18.7 Å². The number of halogens is 3. The Morgan fingerprint density at radius 1 is 1.04 bits per heavy atom. The Morgan fingerprint density at radius 2 is 1.70 bits per heavy atom. The summed E-state index contributed by atoms with van der Waals surface area (Å²) in [7, 11) is 0. The van der Waals surface area contributed by atoms with Gasteiger partial charge < -0.3 is 16.2 Å². The Kier molecular flexibility index (Phi) is 5.76. The van der Waals surface area contributed by atoms with Crippen molar-refractivity contribution in [3.8, 4) is 0 Å². The van der Waals surface area contributed by atoms with Crippen molar-refractivity contribution in [2.45, 2.75) is 31.7 Å². The largest absolute Gasteiger partial charge is 0.392 e. The van der Waals surface area contributed by atoms with Gasteiger partial charge in [0.25, 0.3) is 0 Å². The van der Waals surface area contributed by atoms with Crippen LogP contribution in [0.2, 0.25) is 0 Å². The lowest BCUT2D eigenvalue weighted by Crippen LogP contribution is -2.44. The van der Waals surface area contributed by atoms with Crippen molar-refractivity contribution in [1.82, 2.24) is 5.32 Å². The second-order valence-electron chi connectivity index (χ2n) is 5.51. The van der Waals surface area contributed by atoms with E-state index >= 15 is 0 Å². The number of hydrogen-bond acceptors (Lipinski definition) is 3.